The Morgan fingerprint density at radius 2 is 0.513 bits per heavy atom. The first-order valence-electron chi connectivity index (χ1n) is 30.3. The molecule has 0 saturated carbocycles. The molecule has 78 heavy (non-hydrogen) atoms. The van der Waals surface area contributed by atoms with Gasteiger partial charge in [0.25, 0.3) is 0 Å². The fourth-order valence-corrected chi connectivity index (χ4v) is 7.30. The number of aliphatic hydroxyl groups excluding tert-OH is 1. The van der Waals surface area contributed by atoms with Crippen molar-refractivity contribution in [2.75, 3.05) is 13.2 Å². The van der Waals surface area contributed by atoms with Crippen LogP contribution in [0.4, 0.5) is 0 Å². The molecule has 0 aliphatic heterocycles. The van der Waals surface area contributed by atoms with Crippen LogP contribution in [0.2, 0.25) is 0 Å². The van der Waals surface area contributed by atoms with E-state index in [2.05, 4.69) is 233 Å². The van der Waals surface area contributed by atoms with Gasteiger partial charge in [0.05, 0.1) is 6.61 Å². The lowest BCUT2D eigenvalue weighted by Crippen LogP contribution is -2.28. The van der Waals surface area contributed by atoms with Crippen molar-refractivity contribution in [2.45, 2.75) is 213 Å². The van der Waals surface area contributed by atoms with Gasteiger partial charge in [-0.3, -0.25) is 9.59 Å². The lowest BCUT2D eigenvalue weighted by Gasteiger charge is -2.15. The maximum Gasteiger partial charge on any atom is 0.306 e. The molecule has 0 aromatic heterocycles. The smallest absolute Gasteiger partial charge is 0.306 e. The van der Waals surface area contributed by atoms with Crippen LogP contribution in [0.5, 0.6) is 0 Å². The number of ether oxygens (including phenoxy) is 2. The molecular weight excluding hydrogens is 957 g/mol. The van der Waals surface area contributed by atoms with E-state index in [9.17, 15) is 14.7 Å². The molecule has 0 aromatic rings. The minimum atomic E-state index is -0.822. The van der Waals surface area contributed by atoms with Crippen molar-refractivity contribution in [3.8, 4) is 0 Å². The lowest BCUT2D eigenvalue weighted by molar-refractivity contribution is -0.161. The summed E-state index contributed by atoms with van der Waals surface area (Å²) in [4.78, 5) is 24.5. The van der Waals surface area contributed by atoms with Crippen LogP contribution in [0.3, 0.4) is 0 Å². The SMILES string of the molecule is CC/C=C\C/C=C\C/C=C\C/C=C\C/C=C\C/C=C\C/C=C\C/C=C\C/C=C\C/C=C\C/C=C\C/C=C\CCCCC(=O)OC(CO)COC(=O)CCCCCCCC/C=C\C/C=C\C/C=C\C/C=C\C/C=C\C/C=C\CC. The zero-order chi connectivity index (χ0) is 56.2. The van der Waals surface area contributed by atoms with Gasteiger partial charge in [-0.2, -0.15) is 0 Å². The highest BCUT2D eigenvalue weighted by Crippen LogP contribution is 2.11. The van der Waals surface area contributed by atoms with Gasteiger partial charge >= 0.3 is 11.9 Å². The summed E-state index contributed by atoms with van der Waals surface area (Å²) in [5.41, 5.74) is 0. The first-order chi connectivity index (χ1) is 38.6. The summed E-state index contributed by atoms with van der Waals surface area (Å²) in [5.74, 6) is -0.679. The van der Waals surface area contributed by atoms with E-state index in [1.165, 1.54) is 12.8 Å². The minimum Gasteiger partial charge on any atom is -0.462 e. The Balaban J connectivity index is 3.74. The molecule has 430 valence electrons. The van der Waals surface area contributed by atoms with E-state index in [-0.39, 0.29) is 31.6 Å². The predicted molar refractivity (Wildman–Crippen MR) is 342 cm³/mol. The number of carbonyl (C=O) groups excluding carboxylic acids is 2. The van der Waals surface area contributed by atoms with E-state index < -0.39 is 6.10 Å². The number of rotatable bonds is 52. The summed E-state index contributed by atoms with van der Waals surface area (Å²) in [6.45, 7) is 3.84. The number of unbranched alkanes of at least 4 members (excludes halogenated alkanes) is 8. The van der Waals surface area contributed by atoms with E-state index in [1.807, 2.05) is 0 Å². The van der Waals surface area contributed by atoms with E-state index in [4.69, 9.17) is 9.47 Å². The van der Waals surface area contributed by atoms with Crippen LogP contribution in [-0.4, -0.2) is 36.4 Å². The summed E-state index contributed by atoms with van der Waals surface area (Å²) in [6, 6.07) is 0. The van der Waals surface area contributed by atoms with Gasteiger partial charge in [-0.1, -0.05) is 258 Å². The normalized spacial score (nSPS) is 13.8. The molecule has 0 saturated heterocycles. The van der Waals surface area contributed by atoms with Gasteiger partial charge in [-0.05, 0) is 154 Å². The van der Waals surface area contributed by atoms with E-state index >= 15 is 0 Å². The third kappa shape index (κ3) is 62.8. The van der Waals surface area contributed by atoms with Gasteiger partial charge in [0, 0.05) is 12.8 Å². The Kier molecular flexibility index (Phi) is 60.6. The van der Waals surface area contributed by atoms with Gasteiger partial charge < -0.3 is 14.6 Å². The number of carbonyl (C=O) groups is 2. The standard InChI is InChI=1S/C73H108O5/c1-3-5-7-9-11-13-15-17-19-21-23-25-27-29-30-31-32-33-34-35-36-37-38-39-40-41-42-44-46-48-50-52-54-56-58-60-62-64-66-68-73(76)78-71(69-74)70-77-72(75)67-65-63-61-59-57-55-53-51-49-47-45-43-28-26-24-22-20-18-16-14-12-10-8-6-4-2/h5-8,11-14,17-20,23-26,29-30,32-33,35-36,38-39,41-43,45-46,48-49,51-52,54,58,60,71,74H,3-4,9-10,15-16,21-22,27-28,31,34,37,40,44,47,50,53,55-57,59,61-70H2,1-2H3/b7-5-,8-6-,13-11-,14-12-,19-17-,20-18-,25-23-,26-24-,30-29-,33-32-,36-35-,39-38-,42-41-,45-43-,48-46-,51-49-,54-52-,60-58-. The number of aliphatic hydroxyl groups is 1. The molecule has 1 atom stereocenters. The van der Waals surface area contributed by atoms with Crippen LogP contribution < -0.4 is 0 Å². The zero-order valence-corrected chi connectivity index (χ0v) is 49.1. The van der Waals surface area contributed by atoms with E-state index in [0.717, 1.165) is 161 Å². The van der Waals surface area contributed by atoms with Crippen LogP contribution in [0, 0.1) is 0 Å². The second kappa shape index (κ2) is 65.5. The molecule has 0 aromatic carbocycles. The number of esters is 2. The molecule has 1 unspecified atom stereocenters. The second-order valence-electron chi connectivity index (χ2n) is 19.0. The van der Waals surface area contributed by atoms with Crippen molar-refractivity contribution in [1.82, 2.24) is 0 Å². The fraction of sp³-hybridized carbons (Fsp3) is 0.479. The summed E-state index contributed by atoms with van der Waals surface area (Å²) in [6.07, 6.45) is 108. The Bertz CT molecular complexity index is 1930. The van der Waals surface area contributed by atoms with E-state index in [0.29, 0.717) is 12.8 Å². The second-order valence-corrected chi connectivity index (χ2v) is 19.0. The van der Waals surface area contributed by atoms with Crippen molar-refractivity contribution in [3.05, 3.63) is 219 Å². The largest absolute Gasteiger partial charge is 0.462 e. The highest BCUT2D eigenvalue weighted by molar-refractivity contribution is 5.70. The summed E-state index contributed by atoms with van der Waals surface area (Å²) in [7, 11) is 0. The Morgan fingerprint density at radius 1 is 0.295 bits per heavy atom. The van der Waals surface area contributed by atoms with Gasteiger partial charge in [-0.25, -0.2) is 0 Å². The van der Waals surface area contributed by atoms with Gasteiger partial charge in [0.2, 0.25) is 0 Å². The van der Waals surface area contributed by atoms with Crippen molar-refractivity contribution in [3.63, 3.8) is 0 Å². The molecule has 0 bridgehead atoms. The molecule has 0 fully saturated rings. The topological polar surface area (TPSA) is 72.8 Å². The Morgan fingerprint density at radius 3 is 0.795 bits per heavy atom. The molecule has 0 rings (SSSR count). The van der Waals surface area contributed by atoms with Crippen molar-refractivity contribution in [1.29, 1.82) is 0 Å². The maximum absolute atomic E-state index is 12.3. The van der Waals surface area contributed by atoms with Crippen LogP contribution in [0.15, 0.2) is 219 Å². The van der Waals surface area contributed by atoms with Crippen LogP contribution in [0.25, 0.3) is 0 Å². The average Bonchev–Trinajstić information content (AvgIpc) is 3.44. The summed E-state index contributed by atoms with van der Waals surface area (Å²) in [5, 5.41) is 9.66. The minimum absolute atomic E-state index is 0.108. The van der Waals surface area contributed by atoms with E-state index in [1.54, 1.807) is 0 Å². The summed E-state index contributed by atoms with van der Waals surface area (Å²) >= 11 is 0. The molecule has 0 radical (unpaired) electrons. The molecule has 0 aliphatic carbocycles. The number of hydrogen-bond acceptors (Lipinski definition) is 5. The molecular formula is C73H108O5. The Hall–Kier alpha value is -5.78. The van der Waals surface area contributed by atoms with Crippen molar-refractivity contribution in [2.24, 2.45) is 0 Å². The lowest BCUT2D eigenvalue weighted by atomic mass is 10.1. The number of allylic oxidation sites excluding steroid dienone is 36. The summed E-state index contributed by atoms with van der Waals surface area (Å²) < 4.78 is 10.7. The third-order valence-electron chi connectivity index (χ3n) is 11.8. The Labute approximate surface area is 478 Å². The van der Waals surface area contributed by atoms with Gasteiger partial charge in [0.15, 0.2) is 6.10 Å². The third-order valence-corrected chi connectivity index (χ3v) is 11.8. The van der Waals surface area contributed by atoms with Gasteiger partial charge in [-0.15, -0.1) is 0 Å². The molecule has 0 amide bonds. The highest BCUT2D eigenvalue weighted by atomic mass is 16.6. The fourth-order valence-electron chi connectivity index (χ4n) is 7.30. The zero-order valence-electron chi connectivity index (χ0n) is 49.1. The highest BCUT2D eigenvalue weighted by Gasteiger charge is 2.16. The average molecular weight is 1070 g/mol. The number of hydrogen-bond donors (Lipinski definition) is 1. The maximum atomic E-state index is 12.3. The monoisotopic (exact) mass is 1060 g/mol. The van der Waals surface area contributed by atoms with Crippen molar-refractivity contribution >= 4 is 11.9 Å². The molecule has 5 nitrogen and oxygen atoms in total. The van der Waals surface area contributed by atoms with Crippen LogP contribution in [0.1, 0.15) is 206 Å². The van der Waals surface area contributed by atoms with Crippen LogP contribution >= 0.6 is 0 Å². The molecule has 0 aliphatic rings. The van der Waals surface area contributed by atoms with Gasteiger partial charge in [0.1, 0.15) is 6.61 Å². The van der Waals surface area contributed by atoms with Crippen molar-refractivity contribution < 1.29 is 24.2 Å². The molecule has 0 spiro atoms. The molecule has 1 N–H and O–H groups in total. The molecule has 5 heteroatoms. The first-order valence-corrected chi connectivity index (χ1v) is 30.3. The predicted octanol–water partition coefficient (Wildman–Crippen LogP) is 21.2. The van der Waals surface area contributed by atoms with Crippen LogP contribution in [-0.2, 0) is 19.1 Å². The molecule has 0 heterocycles. The quantitative estimate of drug-likeness (QED) is 0.0373. The first kappa shape index (κ1) is 72.2.